The van der Waals surface area contributed by atoms with Gasteiger partial charge in [0.15, 0.2) is 5.75 Å². The van der Waals surface area contributed by atoms with Crippen molar-refractivity contribution in [1.29, 1.82) is 5.26 Å². The van der Waals surface area contributed by atoms with Gasteiger partial charge in [-0.2, -0.15) is 5.26 Å². The Morgan fingerprint density at radius 1 is 1.43 bits per heavy atom. The number of hydrogen-bond acceptors (Lipinski definition) is 3. The van der Waals surface area contributed by atoms with E-state index in [1.807, 2.05) is 0 Å². The number of ether oxygens (including phenoxy) is 1. The minimum Gasteiger partial charge on any atom is -0.404 e. The summed E-state index contributed by atoms with van der Waals surface area (Å²) in [4.78, 5) is 3.59. The zero-order valence-corrected chi connectivity index (χ0v) is 7.09. The van der Waals surface area contributed by atoms with Crippen LogP contribution in [-0.2, 0) is 0 Å². The molecule has 1 aromatic heterocycles. The predicted octanol–water partition coefficient (Wildman–Crippen LogP) is 2.16. The van der Waals surface area contributed by atoms with Crippen LogP contribution in [0.1, 0.15) is 11.4 Å². The van der Waals surface area contributed by atoms with Crippen LogP contribution in [0.4, 0.5) is 13.2 Å². The summed E-state index contributed by atoms with van der Waals surface area (Å²) >= 11 is 0. The molecule has 0 N–H and O–H groups in total. The zero-order valence-electron chi connectivity index (χ0n) is 7.09. The van der Waals surface area contributed by atoms with Crippen LogP contribution < -0.4 is 4.74 Å². The molecular weight excluding hydrogens is 197 g/mol. The van der Waals surface area contributed by atoms with Crippen LogP contribution in [0.15, 0.2) is 12.1 Å². The number of nitrogens with zero attached hydrogens (tertiary/aromatic N) is 2. The third-order valence-corrected chi connectivity index (χ3v) is 1.38. The van der Waals surface area contributed by atoms with E-state index in [1.165, 1.54) is 6.92 Å². The van der Waals surface area contributed by atoms with Gasteiger partial charge in [-0.05, 0) is 19.1 Å². The van der Waals surface area contributed by atoms with Gasteiger partial charge in [0.2, 0.25) is 0 Å². The molecule has 1 heterocycles. The Bertz CT molecular complexity index is 381. The number of hydrogen-bond donors (Lipinski definition) is 0. The number of aryl methyl sites for hydroxylation is 1. The van der Waals surface area contributed by atoms with Crippen molar-refractivity contribution in [3.05, 3.63) is 23.5 Å². The molecule has 0 unspecified atom stereocenters. The lowest BCUT2D eigenvalue weighted by atomic mass is 10.3. The van der Waals surface area contributed by atoms with Crippen molar-refractivity contribution in [2.75, 3.05) is 0 Å². The maximum Gasteiger partial charge on any atom is 0.573 e. The van der Waals surface area contributed by atoms with Gasteiger partial charge in [-0.15, -0.1) is 13.2 Å². The fourth-order valence-electron chi connectivity index (χ4n) is 0.843. The highest BCUT2D eigenvalue weighted by molar-refractivity contribution is 5.32. The first kappa shape index (κ1) is 10.3. The van der Waals surface area contributed by atoms with E-state index in [0.717, 1.165) is 12.1 Å². The average Bonchev–Trinajstić information content (AvgIpc) is 2.06. The Labute approximate surface area is 77.7 Å². The van der Waals surface area contributed by atoms with Gasteiger partial charge in [0, 0.05) is 0 Å². The van der Waals surface area contributed by atoms with Crippen LogP contribution in [0, 0.1) is 18.3 Å². The second-order valence-electron chi connectivity index (χ2n) is 2.44. The van der Waals surface area contributed by atoms with Gasteiger partial charge in [-0.1, -0.05) is 0 Å². The standard InChI is InChI=1S/C8H5F3N2O/c1-5-7(14-8(9,10)11)3-2-6(4-12)13-5/h2-3H,1H3. The Morgan fingerprint density at radius 3 is 2.50 bits per heavy atom. The molecule has 0 spiro atoms. The molecule has 0 saturated carbocycles. The number of nitriles is 1. The Balaban J connectivity index is 2.97. The first-order chi connectivity index (χ1) is 6.42. The quantitative estimate of drug-likeness (QED) is 0.700. The number of alkyl halides is 3. The smallest absolute Gasteiger partial charge is 0.404 e. The lowest BCUT2D eigenvalue weighted by Crippen LogP contribution is -2.18. The molecule has 0 amide bonds. The summed E-state index contributed by atoms with van der Waals surface area (Å²) in [5.74, 6) is -0.392. The molecule has 0 aliphatic heterocycles. The lowest BCUT2D eigenvalue weighted by Gasteiger charge is -2.10. The first-order valence-corrected chi connectivity index (χ1v) is 3.56. The second kappa shape index (κ2) is 3.54. The number of rotatable bonds is 1. The molecule has 0 fully saturated rings. The van der Waals surface area contributed by atoms with E-state index in [9.17, 15) is 13.2 Å². The van der Waals surface area contributed by atoms with Crippen LogP contribution in [-0.4, -0.2) is 11.3 Å². The first-order valence-electron chi connectivity index (χ1n) is 3.56. The van der Waals surface area contributed by atoms with Crippen molar-refractivity contribution in [3.8, 4) is 11.8 Å². The topological polar surface area (TPSA) is 45.9 Å². The van der Waals surface area contributed by atoms with E-state index in [4.69, 9.17) is 5.26 Å². The van der Waals surface area contributed by atoms with Crippen molar-refractivity contribution in [2.24, 2.45) is 0 Å². The van der Waals surface area contributed by atoms with Gasteiger partial charge >= 0.3 is 6.36 Å². The molecule has 0 saturated heterocycles. The highest BCUT2D eigenvalue weighted by Crippen LogP contribution is 2.24. The molecule has 1 aromatic rings. The van der Waals surface area contributed by atoms with Crippen molar-refractivity contribution in [1.82, 2.24) is 4.98 Å². The molecular formula is C8H5F3N2O. The third-order valence-electron chi connectivity index (χ3n) is 1.38. The van der Waals surface area contributed by atoms with E-state index in [-0.39, 0.29) is 11.4 Å². The molecule has 3 nitrogen and oxygen atoms in total. The van der Waals surface area contributed by atoms with Crippen LogP contribution in [0.25, 0.3) is 0 Å². The molecule has 1 rings (SSSR count). The molecule has 0 bridgehead atoms. The molecule has 0 aliphatic carbocycles. The molecule has 0 atom stereocenters. The highest BCUT2D eigenvalue weighted by Gasteiger charge is 2.31. The monoisotopic (exact) mass is 202 g/mol. The van der Waals surface area contributed by atoms with Crippen LogP contribution in [0.3, 0.4) is 0 Å². The minimum absolute atomic E-state index is 0.0291. The van der Waals surface area contributed by atoms with Gasteiger partial charge in [0.1, 0.15) is 11.8 Å². The summed E-state index contributed by atoms with van der Waals surface area (Å²) in [5.41, 5.74) is 0.0819. The maximum absolute atomic E-state index is 11.8. The van der Waals surface area contributed by atoms with E-state index in [0.29, 0.717) is 0 Å². The van der Waals surface area contributed by atoms with Crippen molar-refractivity contribution in [3.63, 3.8) is 0 Å². The molecule has 0 aromatic carbocycles. The van der Waals surface area contributed by atoms with E-state index in [2.05, 4.69) is 9.72 Å². The maximum atomic E-state index is 11.8. The molecule has 14 heavy (non-hydrogen) atoms. The molecule has 6 heteroatoms. The summed E-state index contributed by atoms with van der Waals surface area (Å²) in [6, 6.07) is 3.93. The number of pyridine rings is 1. The van der Waals surface area contributed by atoms with Gasteiger partial charge < -0.3 is 4.74 Å². The molecule has 0 aliphatic rings. The fraction of sp³-hybridized carbons (Fsp3) is 0.250. The number of halogens is 3. The van der Waals surface area contributed by atoms with E-state index >= 15 is 0 Å². The summed E-state index contributed by atoms with van der Waals surface area (Å²) in [7, 11) is 0. The summed E-state index contributed by atoms with van der Waals surface area (Å²) < 4.78 is 39.0. The SMILES string of the molecule is Cc1nc(C#N)ccc1OC(F)(F)F. The Hall–Kier alpha value is -1.77. The van der Waals surface area contributed by atoms with Crippen LogP contribution in [0.2, 0.25) is 0 Å². The van der Waals surface area contributed by atoms with Gasteiger partial charge in [-0.25, -0.2) is 4.98 Å². The fourth-order valence-corrected chi connectivity index (χ4v) is 0.843. The van der Waals surface area contributed by atoms with Crippen molar-refractivity contribution >= 4 is 0 Å². The molecule has 0 radical (unpaired) electrons. The zero-order chi connectivity index (χ0) is 10.8. The number of aromatic nitrogens is 1. The van der Waals surface area contributed by atoms with Gasteiger partial charge in [0.25, 0.3) is 0 Å². The van der Waals surface area contributed by atoms with Crippen molar-refractivity contribution in [2.45, 2.75) is 13.3 Å². The van der Waals surface area contributed by atoms with Crippen LogP contribution in [0.5, 0.6) is 5.75 Å². The van der Waals surface area contributed by atoms with E-state index < -0.39 is 12.1 Å². The normalized spacial score (nSPS) is 10.8. The summed E-state index contributed by atoms with van der Waals surface area (Å²) in [6.45, 7) is 1.34. The molecule has 74 valence electrons. The summed E-state index contributed by atoms with van der Waals surface area (Å²) in [5, 5.41) is 8.41. The van der Waals surface area contributed by atoms with Gasteiger partial charge in [-0.3, -0.25) is 0 Å². The second-order valence-corrected chi connectivity index (χ2v) is 2.44. The van der Waals surface area contributed by atoms with Crippen molar-refractivity contribution < 1.29 is 17.9 Å². The predicted molar refractivity (Wildman–Crippen MR) is 40.4 cm³/mol. The highest BCUT2D eigenvalue weighted by atomic mass is 19.4. The van der Waals surface area contributed by atoms with E-state index in [1.54, 1.807) is 6.07 Å². The van der Waals surface area contributed by atoms with Gasteiger partial charge in [0.05, 0.1) is 5.69 Å². The van der Waals surface area contributed by atoms with Crippen LogP contribution >= 0.6 is 0 Å². The largest absolute Gasteiger partial charge is 0.573 e. The minimum atomic E-state index is -4.74. The summed E-state index contributed by atoms with van der Waals surface area (Å²) in [6.07, 6.45) is -4.74. The third kappa shape index (κ3) is 2.62. The Kier molecular flexibility index (Phi) is 2.60. The lowest BCUT2D eigenvalue weighted by molar-refractivity contribution is -0.275. The Morgan fingerprint density at radius 2 is 2.07 bits per heavy atom. The average molecular weight is 202 g/mol.